The molecular weight excluding hydrogens is 260 g/mol. The molecule has 106 valence electrons. The second-order valence-corrected chi connectivity index (χ2v) is 5.09. The van der Waals surface area contributed by atoms with Crippen LogP contribution in [-0.4, -0.2) is 23.8 Å². The minimum atomic E-state index is 0.0399. The second kappa shape index (κ2) is 6.27. The molecule has 0 unspecified atom stereocenters. The number of allylic oxidation sites excluding steroid dienone is 1. The predicted molar refractivity (Wildman–Crippen MR) is 83.7 cm³/mol. The molecule has 3 heteroatoms. The van der Waals surface area contributed by atoms with Gasteiger partial charge >= 0.3 is 0 Å². The van der Waals surface area contributed by atoms with Gasteiger partial charge in [-0.2, -0.15) is 0 Å². The number of nitrogens with zero attached hydrogens (tertiary/aromatic N) is 1. The maximum atomic E-state index is 12.3. The Morgan fingerprint density at radius 1 is 1.05 bits per heavy atom. The van der Waals surface area contributed by atoms with E-state index in [0.717, 1.165) is 31.0 Å². The first-order chi connectivity index (χ1) is 10.3. The third kappa shape index (κ3) is 3.31. The zero-order valence-electron chi connectivity index (χ0n) is 11.8. The monoisotopic (exact) mass is 278 g/mol. The molecule has 21 heavy (non-hydrogen) atoms. The Morgan fingerprint density at radius 2 is 1.71 bits per heavy atom. The lowest BCUT2D eigenvalue weighted by atomic mass is 10.1. The smallest absolute Gasteiger partial charge is 0.189 e. The van der Waals surface area contributed by atoms with Gasteiger partial charge in [-0.3, -0.25) is 4.79 Å². The highest BCUT2D eigenvalue weighted by Crippen LogP contribution is 2.14. The predicted octanol–water partition coefficient (Wildman–Crippen LogP) is 2.82. The van der Waals surface area contributed by atoms with Crippen molar-refractivity contribution in [2.24, 2.45) is 0 Å². The van der Waals surface area contributed by atoms with Crippen LogP contribution in [0.4, 0.5) is 0 Å². The summed E-state index contributed by atoms with van der Waals surface area (Å²) >= 11 is 0. The lowest BCUT2D eigenvalue weighted by molar-refractivity contribution is 0.104. The zero-order valence-corrected chi connectivity index (χ0v) is 11.8. The standard InChI is InChI=1S/C18H18N2O/c21-17(16-9-5-2-6-10-16)13-18-19-11-12-20(18)14-15-7-3-1-4-8-15/h1-10,13,19H,11-12,14H2/b18-13+. The molecule has 0 bridgehead atoms. The molecule has 0 aromatic heterocycles. The molecule has 2 aromatic rings. The molecule has 1 aliphatic rings. The second-order valence-electron chi connectivity index (χ2n) is 5.09. The van der Waals surface area contributed by atoms with Gasteiger partial charge in [0.05, 0.1) is 0 Å². The Hall–Kier alpha value is -2.55. The molecule has 0 radical (unpaired) electrons. The average Bonchev–Trinajstić information content (AvgIpc) is 2.96. The van der Waals surface area contributed by atoms with E-state index < -0.39 is 0 Å². The van der Waals surface area contributed by atoms with Crippen molar-refractivity contribution in [1.29, 1.82) is 0 Å². The molecule has 1 fully saturated rings. The number of rotatable bonds is 4. The van der Waals surface area contributed by atoms with Crippen LogP contribution in [0.2, 0.25) is 0 Å². The highest BCUT2D eigenvalue weighted by molar-refractivity contribution is 6.04. The van der Waals surface area contributed by atoms with Crippen molar-refractivity contribution in [1.82, 2.24) is 10.2 Å². The average molecular weight is 278 g/mol. The van der Waals surface area contributed by atoms with Gasteiger partial charge in [0.15, 0.2) is 5.78 Å². The van der Waals surface area contributed by atoms with Crippen LogP contribution in [-0.2, 0) is 6.54 Å². The molecule has 0 aliphatic carbocycles. The maximum absolute atomic E-state index is 12.3. The van der Waals surface area contributed by atoms with Gasteiger partial charge < -0.3 is 10.2 Å². The summed E-state index contributed by atoms with van der Waals surface area (Å²) < 4.78 is 0. The van der Waals surface area contributed by atoms with Crippen LogP contribution >= 0.6 is 0 Å². The van der Waals surface area contributed by atoms with E-state index in [0.29, 0.717) is 0 Å². The van der Waals surface area contributed by atoms with Crippen molar-refractivity contribution < 1.29 is 4.79 Å². The first-order valence-electron chi connectivity index (χ1n) is 7.17. The fraction of sp³-hybridized carbons (Fsp3) is 0.167. The van der Waals surface area contributed by atoms with Gasteiger partial charge in [0.2, 0.25) is 0 Å². The van der Waals surface area contributed by atoms with Gasteiger partial charge in [0.1, 0.15) is 5.82 Å². The van der Waals surface area contributed by atoms with Crippen molar-refractivity contribution in [3.05, 3.63) is 83.7 Å². The van der Waals surface area contributed by atoms with E-state index in [2.05, 4.69) is 22.3 Å². The molecule has 1 saturated heterocycles. The third-order valence-electron chi connectivity index (χ3n) is 3.57. The minimum absolute atomic E-state index is 0.0399. The molecule has 0 saturated carbocycles. The Balaban J connectivity index is 1.74. The van der Waals surface area contributed by atoms with Gasteiger partial charge in [-0.05, 0) is 5.56 Å². The summed E-state index contributed by atoms with van der Waals surface area (Å²) in [6.07, 6.45) is 1.70. The fourth-order valence-corrected chi connectivity index (χ4v) is 2.47. The molecule has 3 rings (SSSR count). The molecule has 2 aromatic carbocycles. The summed E-state index contributed by atoms with van der Waals surface area (Å²) in [5.41, 5.74) is 1.97. The van der Waals surface area contributed by atoms with Crippen molar-refractivity contribution in [3.8, 4) is 0 Å². The van der Waals surface area contributed by atoms with Crippen LogP contribution in [0.25, 0.3) is 0 Å². The summed E-state index contributed by atoms with van der Waals surface area (Å²) in [6.45, 7) is 2.62. The molecule has 3 nitrogen and oxygen atoms in total. The molecule has 0 amide bonds. The summed E-state index contributed by atoms with van der Waals surface area (Å²) in [4.78, 5) is 14.5. The van der Waals surface area contributed by atoms with Crippen molar-refractivity contribution >= 4 is 5.78 Å². The molecule has 0 spiro atoms. The minimum Gasteiger partial charge on any atom is -0.370 e. The summed E-state index contributed by atoms with van der Waals surface area (Å²) in [7, 11) is 0. The number of nitrogens with one attached hydrogen (secondary N) is 1. The highest BCUT2D eigenvalue weighted by atomic mass is 16.1. The van der Waals surface area contributed by atoms with Crippen molar-refractivity contribution in [2.45, 2.75) is 6.54 Å². The number of hydrogen-bond acceptors (Lipinski definition) is 3. The normalized spacial score (nSPS) is 16.0. The Labute approximate surface area is 124 Å². The molecular formula is C18H18N2O. The summed E-state index contributed by atoms with van der Waals surface area (Å²) in [6, 6.07) is 19.7. The van der Waals surface area contributed by atoms with E-state index in [1.54, 1.807) is 6.08 Å². The van der Waals surface area contributed by atoms with E-state index in [-0.39, 0.29) is 5.78 Å². The fourth-order valence-electron chi connectivity index (χ4n) is 2.47. The Bertz CT molecular complexity index is 635. The number of carbonyl (C=O) groups is 1. The molecule has 1 N–H and O–H groups in total. The summed E-state index contributed by atoms with van der Waals surface area (Å²) in [5.74, 6) is 0.950. The lowest BCUT2D eigenvalue weighted by Gasteiger charge is -2.18. The third-order valence-corrected chi connectivity index (χ3v) is 3.57. The topological polar surface area (TPSA) is 32.3 Å². The van der Waals surface area contributed by atoms with Crippen LogP contribution in [0.1, 0.15) is 15.9 Å². The van der Waals surface area contributed by atoms with Crippen LogP contribution in [0.5, 0.6) is 0 Å². The van der Waals surface area contributed by atoms with E-state index >= 15 is 0 Å². The zero-order chi connectivity index (χ0) is 14.5. The molecule has 1 heterocycles. The van der Waals surface area contributed by atoms with Gasteiger partial charge in [-0.25, -0.2) is 0 Å². The molecule has 1 aliphatic heterocycles. The van der Waals surface area contributed by atoms with Crippen LogP contribution in [0.15, 0.2) is 72.6 Å². The Kier molecular flexibility index (Phi) is 4.01. The highest BCUT2D eigenvalue weighted by Gasteiger charge is 2.17. The quantitative estimate of drug-likeness (QED) is 0.689. The largest absolute Gasteiger partial charge is 0.370 e. The number of carbonyl (C=O) groups excluding carboxylic acids is 1. The first kappa shape index (κ1) is 13.4. The van der Waals surface area contributed by atoms with Crippen molar-refractivity contribution in [2.75, 3.05) is 13.1 Å². The summed E-state index contributed by atoms with van der Waals surface area (Å²) in [5, 5.41) is 3.29. The Morgan fingerprint density at radius 3 is 2.43 bits per heavy atom. The number of benzene rings is 2. The van der Waals surface area contributed by atoms with E-state index in [1.807, 2.05) is 48.5 Å². The SMILES string of the molecule is O=C(/C=C1\NCCN1Cc1ccccc1)c1ccccc1. The van der Waals surface area contributed by atoms with Gasteiger partial charge in [-0.15, -0.1) is 0 Å². The van der Waals surface area contributed by atoms with E-state index in [9.17, 15) is 4.79 Å². The van der Waals surface area contributed by atoms with Gasteiger partial charge in [-0.1, -0.05) is 60.7 Å². The molecule has 0 atom stereocenters. The van der Waals surface area contributed by atoms with Crippen LogP contribution in [0.3, 0.4) is 0 Å². The van der Waals surface area contributed by atoms with Crippen LogP contribution in [0, 0.1) is 0 Å². The van der Waals surface area contributed by atoms with Gasteiger partial charge in [0, 0.05) is 31.3 Å². The number of hydrogen-bond donors (Lipinski definition) is 1. The van der Waals surface area contributed by atoms with E-state index in [1.165, 1.54) is 5.56 Å². The van der Waals surface area contributed by atoms with Gasteiger partial charge in [0.25, 0.3) is 0 Å². The van der Waals surface area contributed by atoms with E-state index in [4.69, 9.17) is 0 Å². The number of ketones is 1. The maximum Gasteiger partial charge on any atom is 0.189 e. The lowest BCUT2D eigenvalue weighted by Crippen LogP contribution is -2.20. The van der Waals surface area contributed by atoms with Crippen molar-refractivity contribution in [3.63, 3.8) is 0 Å². The first-order valence-corrected chi connectivity index (χ1v) is 7.17. The van der Waals surface area contributed by atoms with Crippen LogP contribution < -0.4 is 5.32 Å².